The Kier molecular flexibility index (Phi) is 2.39. The van der Waals surface area contributed by atoms with Gasteiger partial charge in [0.25, 0.3) is 0 Å². The first-order chi connectivity index (χ1) is 7.88. The van der Waals surface area contributed by atoms with Crippen molar-refractivity contribution < 1.29 is 4.74 Å². The molecule has 1 aromatic carbocycles. The molecule has 3 rings (SSSR count). The third-order valence-corrected chi connectivity index (χ3v) is 3.39. The van der Waals surface area contributed by atoms with Crippen LogP contribution in [0.25, 0.3) is 0 Å². The smallest absolute Gasteiger partial charge is 0.121 e. The van der Waals surface area contributed by atoms with Gasteiger partial charge in [0, 0.05) is 25.2 Å². The van der Waals surface area contributed by atoms with Crippen LogP contribution < -0.4 is 15.0 Å². The van der Waals surface area contributed by atoms with Crippen molar-refractivity contribution >= 4 is 11.4 Å². The maximum absolute atomic E-state index is 5.27. The molecule has 0 atom stereocenters. The highest BCUT2D eigenvalue weighted by molar-refractivity contribution is 5.73. The van der Waals surface area contributed by atoms with Crippen LogP contribution in [0.15, 0.2) is 18.2 Å². The van der Waals surface area contributed by atoms with E-state index in [2.05, 4.69) is 28.4 Å². The molecule has 0 amide bonds. The molecule has 1 aliphatic carbocycles. The molecule has 16 heavy (non-hydrogen) atoms. The van der Waals surface area contributed by atoms with Crippen LogP contribution in [0.5, 0.6) is 5.75 Å². The number of hydrogen-bond acceptors (Lipinski definition) is 3. The number of rotatable bonds is 2. The second-order valence-corrected chi connectivity index (χ2v) is 4.59. The highest BCUT2D eigenvalue weighted by Crippen LogP contribution is 2.38. The number of anilines is 2. The van der Waals surface area contributed by atoms with Crippen LogP contribution in [0.4, 0.5) is 11.4 Å². The van der Waals surface area contributed by atoms with Crippen molar-refractivity contribution in [2.45, 2.75) is 25.3 Å². The number of methoxy groups -OCH3 is 1. The minimum absolute atomic E-state index is 0.784. The lowest BCUT2D eigenvalue weighted by Gasteiger charge is -2.24. The topological polar surface area (TPSA) is 24.5 Å². The summed E-state index contributed by atoms with van der Waals surface area (Å²) < 4.78 is 5.27. The lowest BCUT2D eigenvalue weighted by Crippen LogP contribution is -2.26. The molecular formula is C13H18N2O. The zero-order valence-electron chi connectivity index (χ0n) is 9.70. The van der Waals surface area contributed by atoms with Crippen molar-refractivity contribution in [2.24, 2.45) is 0 Å². The van der Waals surface area contributed by atoms with Gasteiger partial charge in [0.05, 0.1) is 18.5 Å². The van der Waals surface area contributed by atoms with Gasteiger partial charge in [-0.15, -0.1) is 0 Å². The van der Waals surface area contributed by atoms with Crippen LogP contribution in [0.3, 0.4) is 0 Å². The minimum atomic E-state index is 0.784. The average molecular weight is 218 g/mol. The fourth-order valence-electron chi connectivity index (χ4n) is 2.39. The summed E-state index contributed by atoms with van der Waals surface area (Å²) in [6.07, 6.45) is 3.92. The van der Waals surface area contributed by atoms with Gasteiger partial charge < -0.3 is 15.0 Å². The summed E-state index contributed by atoms with van der Waals surface area (Å²) in [7, 11) is 1.72. The maximum atomic E-state index is 5.27. The van der Waals surface area contributed by atoms with E-state index in [1.54, 1.807) is 7.11 Å². The summed E-state index contributed by atoms with van der Waals surface area (Å²) in [4.78, 5) is 2.55. The number of hydrogen-bond donors (Lipinski definition) is 1. The first-order valence-electron chi connectivity index (χ1n) is 6.07. The molecule has 2 aliphatic rings. The standard InChI is InChI=1S/C13H18N2O/c1-16-11-5-6-13-12(9-11)14-7-2-8-15(13)10-3-4-10/h5-6,9-10,14H,2-4,7-8H2,1H3. The molecule has 86 valence electrons. The Labute approximate surface area is 96.4 Å². The fraction of sp³-hybridized carbons (Fsp3) is 0.538. The normalized spacial score (nSPS) is 19.7. The van der Waals surface area contributed by atoms with Gasteiger partial charge in [-0.2, -0.15) is 0 Å². The summed E-state index contributed by atoms with van der Waals surface area (Å²) in [6.45, 7) is 2.24. The Morgan fingerprint density at radius 3 is 3.00 bits per heavy atom. The molecule has 1 saturated carbocycles. The molecule has 0 aromatic heterocycles. The fourth-order valence-corrected chi connectivity index (χ4v) is 2.39. The van der Waals surface area contributed by atoms with Crippen molar-refractivity contribution in [2.75, 3.05) is 30.4 Å². The molecule has 1 aliphatic heterocycles. The van der Waals surface area contributed by atoms with Crippen molar-refractivity contribution in [1.82, 2.24) is 0 Å². The van der Waals surface area contributed by atoms with Crippen LogP contribution in [-0.2, 0) is 0 Å². The third kappa shape index (κ3) is 1.70. The largest absolute Gasteiger partial charge is 0.497 e. The van der Waals surface area contributed by atoms with Gasteiger partial charge in [-0.05, 0) is 31.4 Å². The Balaban J connectivity index is 1.97. The van der Waals surface area contributed by atoms with Gasteiger partial charge in [0.15, 0.2) is 0 Å². The van der Waals surface area contributed by atoms with E-state index in [0.29, 0.717) is 0 Å². The predicted octanol–water partition coefficient (Wildman–Crippen LogP) is 2.48. The summed E-state index contributed by atoms with van der Waals surface area (Å²) >= 11 is 0. The van der Waals surface area contributed by atoms with E-state index in [9.17, 15) is 0 Å². The Morgan fingerprint density at radius 2 is 2.25 bits per heavy atom. The SMILES string of the molecule is COc1ccc2c(c1)NCCCN2C1CC1. The Morgan fingerprint density at radius 1 is 1.38 bits per heavy atom. The van der Waals surface area contributed by atoms with E-state index in [-0.39, 0.29) is 0 Å². The van der Waals surface area contributed by atoms with E-state index in [1.807, 2.05) is 0 Å². The van der Waals surface area contributed by atoms with Crippen LogP contribution >= 0.6 is 0 Å². The Bertz CT molecular complexity index is 388. The number of nitrogens with zero attached hydrogens (tertiary/aromatic N) is 1. The summed E-state index contributed by atoms with van der Waals surface area (Å²) in [5.74, 6) is 0.934. The lowest BCUT2D eigenvalue weighted by atomic mass is 10.2. The first kappa shape index (κ1) is 9.82. The van der Waals surface area contributed by atoms with E-state index in [4.69, 9.17) is 4.74 Å². The van der Waals surface area contributed by atoms with Gasteiger partial charge in [0.2, 0.25) is 0 Å². The molecule has 1 aromatic rings. The molecule has 1 fully saturated rings. The van der Waals surface area contributed by atoms with Crippen LogP contribution in [0.1, 0.15) is 19.3 Å². The number of ether oxygens (including phenoxy) is 1. The first-order valence-corrected chi connectivity index (χ1v) is 6.07. The van der Waals surface area contributed by atoms with Gasteiger partial charge in [-0.25, -0.2) is 0 Å². The molecule has 1 heterocycles. The number of fused-ring (bicyclic) bond motifs is 1. The number of benzene rings is 1. The average Bonchev–Trinajstić information content (AvgIpc) is 3.13. The molecule has 3 nitrogen and oxygen atoms in total. The molecule has 0 saturated heterocycles. The third-order valence-electron chi connectivity index (χ3n) is 3.39. The second kappa shape index (κ2) is 3.89. The molecule has 3 heteroatoms. The molecule has 0 spiro atoms. The van der Waals surface area contributed by atoms with Crippen molar-refractivity contribution in [3.05, 3.63) is 18.2 Å². The molecule has 1 N–H and O–H groups in total. The zero-order valence-corrected chi connectivity index (χ0v) is 9.70. The zero-order chi connectivity index (χ0) is 11.0. The van der Waals surface area contributed by atoms with E-state index < -0.39 is 0 Å². The molecule has 0 bridgehead atoms. The van der Waals surface area contributed by atoms with Crippen LogP contribution in [0, 0.1) is 0 Å². The maximum Gasteiger partial charge on any atom is 0.121 e. The quantitative estimate of drug-likeness (QED) is 0.825. The highest BCUT2D eigenvalue weighted by atomic mass is 16.5. The van der Waals surface area contributed by atoms with Crippen molar-refractivity contribution in [3.63, 3.8) is 0 Å². The molecular weight excluding hydrogens is 200 g/mol. The Hall–Kier alpha value is -1.38. The van der Waals surface area contributed by atoms with E-state index in [0.717, 1.165) is 18.3 Å². The van der Waals surface area contributed by atoms with E-state index in [1.165, 1.54) is 37.2 Å². The van der Waals surface area contributed by atoms with Crippen LogP contribution in [0.2, 0.25) is 0 Å². The van der Waals surface area contributed by atoms with E-state index >= 15 is 0 Å². The highest BCUT2D eigenvalue weighted by Gasteiger charge is 2.31. The monoisotopic (exact) mass is 218 g/mol. The van der Waals surface area contributed by atoms with Gasteiger partial charge in [0.1, 0.15) is 5.75 Å². The summed E-state index contributed by atoms with van der Waals surface area (Å²) in [5.41, 5.74) is 2.57. The lowest BCUT2D eigenvalue weighted by molar-refractivity contribution is 0.415. The minimum Gasteiger partial charge on any atom is -0.497 e. The molecule has 0 radical (unpaired) electrons. The van der Waals surface area contributed by atoms with Gasteiger partial charge >= 0.3 is 0 Å². The van der Waals surface area contributed by atoms with Gasteiger partial charge in [-0.1, -0.05) is 0 Å². The van der Waals surface area contributed by atoms with Crippen molar-refractivity contribution in [1.29, 1.82) is 0 Å². The summed E-state index contributed by atoms with van der Waals surface area (Å²) in [6, 6.07) is 7.13. The summed E-state index contributed by atoms with van der Waals surface area (Å²) in [5, 5.41) is 3.49. The predicted molar refractivity (Wildman–Crippen MR) is 66.5 cm³/mol. The van der Waals surface area contributed by atoms with Crippen LogP contribution in [-0.4, -0.2) is 26.2 Å². The second-order valence-electron chi connectivity index (χ2n) is 4.59. The molecule has 0 unspecified atom stereocenters. The van der Waals surface area contributed by atoms with Gasteiger partial charge in [-0.3, -0.25) is 0 Å². The number of nitrogens with one attached hydrogen (secondary N) is 1. The van der Waals surface area contributed by atoms with Crippen molar-refractivity contribution in [3.8, 4) is 5.75 Å².